The van der Waals surface area contributed by atoms with E-state index in [1.165, 1.54) is 29.3 Å². The Kier molecular flexibility index (Phi) is 6.91. The molecule has 1 aliphatic heterocycles. The van der Waals surface area contributed by atoms with Crippen molar-refractivity contribution >= 4 is 16.7 Å². The molecule has 0 bridgehead atoms. The number of benzene rings is 3. The van der Waals surface area contributed by atoms with Gasteiger partial charge in [-0.1, -0.05) is 30.3 Å². The Bertz CT molecular complexity index is 1180. The molecule has 0 radical (unpaired) electrons. The van der Waals surface area contributed by atoms with Crippen LogP contribution in [0, 0.1) is 13.8 Å². The summed E-state index contributed by atoms with van der Waals surface area (Å²) in [5, 5.41) is 5.71. The highest BCUT2D eigenvalue weighted by molar-refractivity contribution is 6.03. The average molecular weight is 403 g/mol. The molecule has 2 aliphatic rings. The van der Waals surface area contributed by atoms with E-state index in [9.17, 15) is 0 Å². The highest BCUT2D eigenvalue weighted by atomic mass is 16.3. The van der Waals surface area contributed by atoms with Gasteiger partial charge in [-0.15, -0.1) is 0 Å². The third-order valence-corrected chi connectivity index (χ3v) is 5.21. The third-order valence-electron chi connectivity index (χ3n) is 5.21. The van der Waals surface area contributed by atoms with Gasteiger partial charge in [0.15, 0.2) is 0 Å². The van der Waals surface area contributed by atoms with Crippen LogP contribution in [0.25, 0.3) is 33.4 Å². The monoisotopic (exact) mass is 402 g/mol. The first-order valence-electron chi connectivity index (χ1n) is 10.6. The lowest BCUT2D eigenvalue weighted by Gasteiger charge is -2.17. The second kappa shape index (κ2) is 9.59. The Hall–Kier alpha value is -3.11. The normalized spacial score (nSPS) is 11.5. The molecule has 0 unspecified atom stereocenters. The minimum absolute atomic E-state index is 0.884. The van der Waals surface area contributed by atoms with Crippen molar-refractivity contribution in [2.45, 2.75) is 27.7 Å². The fraction of sp³-hybridized carbons (Fsp3) is 0.269. The molecule has 1 heterocycles. The summed E-state index contributed by atoms with van der Waals surface area (Å²) < 4.78 is 6.41. The van der Waals surface area contributed by atoms with Crippen molar-refractivity contribution in [2.24, 2.45) is 5.73 Å². The number of aryl methyl sites for hydroxylation is 2. The Morgan fingerprint density at radius 3 is 2.33 bits per heavy atom. The first-order valence-corrected chi connectivity index (χ1v) is 10.6. The zero-order chi connectivity index (χ0) is 21.7. The van der Waals surface area contributed by atoms with E-state index in [0.717, 1.165) is 46.4 Å². The van der Waals surface area contributed by atoms with Gasteiger partial charge < -0.3 is 15.5 Å². The van der Waals surface area contributed by atoms with Gasteiger partial charge in [0.05, 0.1) is 6.07 Å². The van der Waals surface area contributed by atoms with Crippen LogP contribution in [0.5, 0.6) is 0 Å². The Balaban J connectivity index is 0.00000124. The molecule has 0 amide bonds. The van der Waals surface area contributed by atoms with Crippen LogP contribution in [0.4, 0.5) is 5.69 Å². The number of rotatable bonds is 4. The van der Waals surface area contributed by atoms with Gasteiger partial charge in [0.25, 0.3) is 0 Å². The molecule has 4 nitrogen and oxygen atoms in total. The zero-order valence-electron chi connectivity index (χ0n) is 18.6. The molecule has 1 aliphatic carbocycles. The molecular formula is C26H32N3O+. The maximum absolute atomic E-state index is 6.41. The van der Waals surface area contributed by atoms with E-state index in [0.29, 0.717) is 0 Å². The summed E-state index contributed by atoms with van der Waals surface area (Å²) >= 11 is 0. The summed E-state index contributed by atoms with van der Waals surface area (Å²) in [6, 6.07) is 19.3. The van der Waals surface area contributed by atoms with Gasteiger partial charge in [-0.05, 0) is 58.0 Å². The molecule has 0 aromatic heterocycles. The van der Waals surface area contributed by atoms with Crippen molar-refractivity contribution in [1.29, 1.82) is 0 Å². The summed E-state index contributed by atoms with van der Waals surface area (Å²) in [4.78, 5) is 3.44. The van der Waals surface area contributed by atoms with Crippen molar-refractivity contribution in [2.75, 3.05) is 25.5 Å². The standard InChI is InChI=1S/C25H26N2O.CH5N/c1-5-26-21-14-23-19(12-16(21)3)25(18-10-8-7-9-11-18)20-13-17(4)22(27-6-2)15-24(20)28-23;1-2/h7-15,26H,5-6H2,1-4H3;2H2,1H3/p+1. The van der Waals surface area contributed by atoms with Crippen molar-refractivity contribution < 1.29 is 9.41 Å². The Morgan fingerprint density at radius 1 is 0.933 bits per heavy atom. The molecule has 30 heavy (non-hydrogen) atoms. The minimum atomic E-state index is 0.884. The van der Waals surface area contributed by atoms with Gasteiger partial charge in [0, 0.05) is 40.4 Å². The maximum Gasteiger partial charge on any atom is 0.204 e. The van der Waals surface area contributed by atoms with E-state index in [2.05, 4.69) is 98.3 Å². The lowest BCUT2D eigenvalue weighted by atomic mass is 9.91. The van der Waals surface area contributed by atoms with E-state index in [4.69, 9.17) is 4.42 Å². The molecule has 0 saturated carbocycles. The Labute approximate surface area is 178 Å². The van der Waals surface area contributed by atoms with E-state index in [1.807, 2.05) is 0 Å². The first-order chi connectivity index (χ1) is 14.6. The predicted octanol–water partition coefficient (Wildman–Crippen LogP) is 3.83. The van der Waals surface area contributed by atoms with Crippen molar-refractivity contribution in [3.05, 3.63) is 71.1 Å². The van der Waals surface area contributed by atoms with Crippen LogP contribution in [0.3, 0.4) is 0 Å². The van der Waals surface area contributed by atoms with Gasteiger partial charge in [0.2, 0.25) is 5.36 Å². The topological polar surface area (TPSA) is 65.2 Å². The minimum Gasteiger partial charge on any atom is -0.456 e. The molecule has 2 aromatic carbocycles. The van der Waals surface area contributed by atoms with Crippen LogP contribution >= 0.6 is 0 Å². The fourth-order valence-electron chi connectivity index (χ4n) is 3.88. The van der Waals surface area contributed by atoms with E-state index in [-0.39, 0.29) is 0 Å². The van der Waals surface area contributed by atoms with Crippen LogP contribution in [-0.4, -0.2) is 20.1 Å². The summed E-state index contributed by atoms with van der Waals surface area (Å²) in [6.45, 7) is 10.3. The molecule has 4 rings (SSSR count). The maximum atomic E-state index is 6.41. The fourth-order valence-corrected chi connectivity index (χ4v) is 3.88. The summed E-state index contributed by atoms with van der Waals surface area (Å²) in [6.07, 6.45) is 0. The summed E-state index contributed by atoms with van der Waals surface area (Å²) in [5.41, 5.74) is 12.6. The largest absolute Gasteiger partial charge is 0.456 e. The van der Waals surface area contributed by atoms with Gasteiger partial charge in [0.1, 0.15) is 17.9 Å². The lowest BCUT2D eigenvalue weighted by Crippen LogP contribution is -2.76. The number of anilines is 1. The van der Waals surface area contributed by atoms with Crippen LogP contribution < -0.4 is 21.4 Å². The van der Waals surface area contributed by atoms with Gasteiger partial charge in [-0.25, -0.2) is 4.99 Å². The quantitative estimate of drug-likeness (QED) is 0.455. The highest BCUT2D eigenvalue weighted by Crippen LogP contribution is 2.41. The van der Waals surface area contributed by atoms with Gasteiger partial charge in [-0.3, -0.25) is 0 Å². The average Bonchev–Trinajstić information content (AvgIpc) is 2.76. The first kappa shape index (κ1) is 21.6. The number of fused-ring (bicyclic) bond motifs is 2. The second-order valence-electron chi connectivity index (χ2n) is 7.23. The molecular weight excluding hydrogens is 370 g/mol. The zero-order valence-corrected chi connectivity index (χ0v) is 18.6. The number of hydrogen-bond acceptors (Lipinski definition) is 3. The molecule has 4 N–H and O–H groups in total. The highest BCUT2D eigenvalue weighted by Gasteiger charge is 2.19. The van der Waals surface area contributed by atoms with E-state index in [1.54, 1.807) is 0 Å². The second-order valence-corrected chi connectivity index (χ2v) is 7.23. The van der Waals surface area contributed by atoms with Gasteiger partial charge in [-0.2, -0.15) is 0 Å². The van der Waals surface area contributed by atoms with Crippen molar-refractivity contribution in [3.8, 4) is 22.5 Å². The van der Waals surface area contributed by atoms with Crippen LogP contribution in [-0.2, 0) is 0 Å². The molecule has 4 heteroatoms. The van der Waals surface area contributed by atoms with Crippen LogP contribution in [0.1, 0.15) is 25.0 Å². The van der Waals surface area contributed by atoms with E-state index >= 15 is 0 Å². The van der Waals surface area contributed by atoms with Crippen LogP contribution in [0.15, 0.2) is 59.0 Å². The molecule has 156 valence electrons. The number of nitrogens with one attached hydrogen (secondary N) is 2. The summed E-state index contributed by atoms with van der Waals surface area (Å²) in [5.74, 6) is 0.902. The molecule has 0 saturated heterocycles. The van der Waals surface area contributed by atoms with Crippen molar-refractivity contribution in [3.63, 3.8) is 0 Å². The number of hydrogen-bond donors (Lipinski definition) is 3. The smallest absolute Gasteiger partial charge is 0.204 e. The number of nitrogens with two attached hydrogens (primary N) is 1. The molecule has 0 atom stereocenters. The predicted molar refractivity (Wildman–Crippen MR) is 127 cm³/mol. The van der Waals surface area contributed by atoms with Gasteiger partial charge >= 0.3 is 0 Å². The summed E-state index contributed by atoms with van der Waals surface area (Å²) in [7, 11) is 1.50. The molecule has 0 fully saturated rings. The van der Waals surface area contributed by atoms with E-state index < -0.39 is 0 Å². The SMILES string of the molecule is CCNc1cc2oc3cc(=[NH+]CC)c(C)cc-3c(-c3ccccc3)c2cc1C.CN. The lowest BCUT2D eigenvalue weighted by molar-refractivity contribution is -0.496. The van der Waals surface area contributed by atoms with Crippen LogP contribution in [0.2, 0.25) is 0 Å². The Morgan fingerprint density at radius 2 is 1.67 bits per heavy atom. The van der Waals surface area contributed by atoms with Crippen molar-refractivity contribution in [1.82, 2.24) is 0 Å². The third kappa shape index (κ3) is 4.10. The molecule has 0 spiro atoms. The molecule has 2 aromatic rings.